The van der Waals surface area contributed by atoms with E-state index in [0.717, 1.165) is 25.3 Å². The molecule has 1 fully saturated rings. The topological polar surface area (TPSA) is 46.4 Å². The summed E-state index contributed by atoms with van der Waals surface area (Å²) in [5.41, 5.74) is 0.929. The molecule has 1 aliphatic heterocycles. The van der Waals surface area contributed by atoms with Gasteiger partial charge in [0.15, 0.2) is 0 Å². The summed E-state index contributed by atoms with van der Waals surface area (Å²) in [6, 6.07) is -0.0847. The number of nitrogens with zero attached hydrogens (tertiary/aromatic N) is 2. The van der Waals surface area contributed by atoms with Gasteiger partial charge in [0, 0.05) is 25.3 Å². The van der Waals surface area contributed by atoms with Crippen molar-refractivity contribution >= 4 is 6.03 Å². The maximum Gasteiger partial charge on any atom is 0.339 e. The van der Waals surface area contributed by atoms with Gasteiger partial charge in [0.1, 0.15) is 0 Å². The van der Waals surface area contributed by atoms with Crippen LogP contribution in [-0.4, -0.2) is 37.1 Å². The van der Waals surface area contributed by atoms with E-state index in [1.54, 1.807) is 4.90 Å². The lowest BCUT2D eigenvalue weighted by molar-refractivity contribution is 0.217. The van der Waals surface area contributed by atoms with Gasteiger partial charge in [-0.1, -0.05) is 6.58 Å². The molecule has 12 heavy (non-hydrogen) atoms. The molecule has 1 aliphatic rings. The number of carbonyl (C=O) groups excluding carboxylic acids is 1. The summed E-state index contributed by atoms with van der Waals surface area (Å²) in [7, 11) is 0. The summed E-state index contributed by atoms with van der Waals surface area (Å²) in [5.74, 6) is 0. The van der Waals surface area contributed by atoms with Crippen LogP contribution in [0.1, 0.15) is 6.92 Å². The Morgan fingerprint density at radius 2 is 2.58 bits per heavy atom. The summed E-state index contributed by atoms with van der Waals surface area (Å²) in [5, 5.41) is 6.82. The lowest BCUT2D eigenvalue weighted by Crippen LogP contribution is -2.32. The van der Waals surface area contributed by atoms with Crippen molar-refractivity contribution in [3.8, 4) is 0 Å². The lowest BCUT2D eigenvalue weighted by atomic mass is 10.5. The van der Waals surface area contributed by atoms with E-state index in [1.165, 1.54) is 0 Å². The third-order valence-electron chi connectivity index (χ3n) is 1.70. The van der Waals surface area contributed by atoms with Gasteiger partial charge >= 0.3 is 6.03 Å². The van der Waals surface area contributed by atoms with Crippen LogP contribution in [0, 0.1) is 0 Å². The normalized spacial score (nSPS) is 16.1. The third-order valence-corrected chi connectivity index (χ3v) is 1.70. The second-order valence-corrected chi connectivity index (χ2v) is 2.86. The first-order valence-electron chi connectivity index (χ1n) is 4.06. The number of rotatable bonds is 4. The van der Waals surface area contributed by atoms with E-state index < -0.39 is 0 Å². The standard InChI is InChI=1S/C8H14N3O/c1-7(2)9-3-5-11-6-4-10-8(11)12/h9H,1,3-6H2,2H3. The van der Waals surface area contributed by atoms with E-state index >= 15 is 0 Å². The summed E-state index contributed by atoms with van der Waals surface area (Å²) >= 11 is 0. The van der Waals surface area contributed by atoms with Gasteiger partial charge in [0.2, 0.25) is 0 Å². The Balaban J connectivity index is 2.14. The monoisotopic (exact) mass is 168 g/mol. The van der Waals surface area contributed by atoms with Crippen LogP contribution in [0.3, 0.4) is 0 Å². The zero-order valence-electron chi connectivity index (χ0n) is 7.34. The van der Waals surface area contributed by atoms with Crippen LogP contribution in [0.25, 0.3) is 0 Å². The highest BCUT2D eigenvalue weighted by atomic mass is 16.2. The van der Waals surface area contributed by atoms with E-state index in [1.807, 2.05) is 6.92 Å². The smallest absolute Gasteiger partial charge is 0.339 e. The van der Waals surface area contributed by atoms with Crippen molar-refractivity contribution in [2.24, 2.45) is 0 Å². The number of allylic oxidation sites excluding steroid dienone is 1. The molecule has 1 N–H and O–H groups in total. The minimum absolute atomic E-state index is 0.0847. The van der Waals surface area contributed by atoms with Gasteiger partial charge in [-0.05, 0) is 6.92 Å². The Labute approximate surface area is 72.6 Å². The number of hydrogen-bond donors (Lipinski definition) is 1. The first-order valence-corrected chi connectivity index (χ1v) is 4.06. The van der Waals surface area contributed by atoms with Crippen molar-refractivity contribution < 1.29 is 4.79 Å². The molecule has 0 bridgehead atoms. The quantitative estimate of drug-likeness (QED) is 0.649. The molecule has 0 spiro atoms. The van der Waals surface area contributed by atoms with Gasteiger partial charge in [0.05, 0.1) is 6.54 Å². The Morgan fingerprint density at radius 3 is 3.08 bits per heavy atom. The number of nitrogens with one attached hydrogen (secondary N) is 1. The number of carbonyl (C=O) groups is 1. The Bertz CT molecular complexity index is 191. The van der Waals surface area contributed by atoms with Crippen LogP contribution in [0.15, 0.2) is 12.3 Å². The summed E-state index contributed by atoms with van der Waals surface area (Å²) in [4.78, 5) is 12.7. The minimum Gasteiger partial charge on any atom is -0.387 e. The van der Waals surface area contributed by atoms with Crippen LogP contribution in [0.2, 0.25) is 0 Å². The van der Waals surface area contributed by atoms with Gasteiger partial charge in [-0.3, -0.25) is 0 Å². The molecule has 1 rings (SSSR count). The third kappa shape index (κ3) is 2.45. The minimum atomic E-state index is -0.0847. The van der Waals surface area contributed by atoms with E-state index in [-0.39, 0.29) is 6.03 Å². The lowest BCUT2D eigenvalue weighted by Gasteiger charge is -2.13. The largest absolute Gasteiger partial charge is 0.387 e. The molecular weight excluding hydrogens is 154 g/mol. The number of hydrogen-bond acceptors (Lipinski definition) is 2. The van der Waals surface area contributed by atoms with Crippen LogP contribution < -0.4 is 10.6 Å². The van der Waals surface area contributed by atoms with Crippen molar-refractivity contribution in [1.82, 2.24) is 15.5 Å². The fraction of sp³-hybridized carbons (Fsp3) is 0.625. The summed E-state index contributed by atoms with van der Waals surface area (Å²) in [6.07, 6.45) is 0. The fourth-order valence-corrected chi connectivity index (χ4v) is 1.07. The zero-order valence-corrected chi connectivity index (χ0v) is 7.34. The molecule has 4 nitrogen and oxygen atoms in total. The molecule has 4 heteroatoms. The van der Waals surface area contributed by atoms with Crippen molar-refractivity contribution in [2.75, 3.05) is 26.2 Å². The van der Waals surface area contributed by atoms with Crippen molar-refractivity contribution in [1.29, 1.82) is 0 Å². The van der Waals surface area contributed by atoms with Crippen molar-refractivity contribution in [3.05, 3.63) is 12.3 Å². The van der Waals surface area contributed by atoms with Gasteiger partial charge < -0.3 is 10.2 Å². The van der Waals surface area contributed by atoms with Crippen LogP contribution in [0.5, 0.6) is 0 Å². The van der Waals surface area contributed by atoms with Crippen molar-refractivity contribution in [3.63, 3.8) is 0 Å². The van der Waals surface area contributed by atoms with E-state index in [4.69, 9.17) is 0 Å². The molecule has 0 aromatic heterocycles. The molecule has 1 radical (unpaired) electrons. The highest BCUT2D eigenvalue weighted by Crippen LogP contribution is 1.96. The van der Waals surface area contributed by atoms with Gasteiger partial charge in [-0.25, -0.2) is 10.1 Å². The van der Waals surface area contributed by atoms with Crippen LogP contribution in [-0.2, 0) is 0 Å². The molecule has 2 amide bonds. The van der Waals surface area contributed by atoms with Crippen LogP contribution >= 0.6 is 0 Å². The van der Waals surface area contributed by atoms with Gasteiger partial charge in [-0.15, -0.1) is 0 Å². The summed E-state index contributed by atoms with van der Waals surface area (Å²) in [6.45, 7) is 8.48. The fourth-order valence-electron chi connectivity index (χ4n) is 1.07. The predicted octanol–water partition coefficient (Wildman–Crippen LogP) is 0.150. The van der Waals surface area contributed by atoms with E-state index in [2.05, 4.69) is 17.2 Å². The average Bonchev–Trinajstić information content (AvgIpc) is 2.36. The molecule has 0 aromatic carbocycles. The second kappa shape index (κ2) is 3.99. The van der Waals surface area contributed by atoms with Crippen LogP contribution in [0.4, 0.5) is 4.79 Å². The average molecular weight is 168 g/mol. The maximum absolute atomic E-state index is 11.0. The Morgan fingerprint density at radius 1 is 1.83 bits per heavy atom. The van der Waals surface area contributed by atoms with Gasteiger partial charge in [0.25, 0.3) is 0 Å². The molecule has 0 aliphatic carbocycles. The van der Waals surface area contributed by atoms with E-state index in [9.17, 15) is 4.79 Å². The van der Waals surface area contributed by atoms with E-state index in [0.29, 0.717) is 6.54 Å². The van der Waals surface area contributed by atoms with Crippen molar-refractivity contribution in [2.45, 2.75) is 6.92 Å². The first-order chi connectivity index (χ1) is 5.70. The number of urea groups is 1. The first kappa shape index (κ1) is 8.90. The zero-order chi connectivity index (χ0) is 8.97. The highest BCUT2D eigenvalue weighted by Gasteiger charge is 2.19. The molecule has 1 heterocycles. The second-order valence-electron chi connectivity index (χ2n) is 2.86. The highest BCUT2D eigenvalue weighted by molar-refractivity contribution is 5.75. The molecular formula is C8H14N3O. The number of amides is 2. The van der Waals surface area contributed by atoms with Gasteiger partial charge in [-0.2, -0.15) is 0 Å². The molecule has 0 atom stereocenters. The Hall–Kier alpha value is -1.19. The molecule has 0 aromatic rings. The molecule has 1 saturated heterocycles. The molecule has 0 saturated carbocycles. The predicted molar refractivity (Wildman–Crippen MR) is 46.8 cm³/mol. The Kier molecular flexibility index (Phi) is 2.96. The summed E-state index contributed by atoms with van der Waals surface area (Å²) < 4.78 is 0. The molecule has 67 valence electrons. The SMILES string of the molecule is C=C(C)NCCN1CC[N]C1=O. The maximum atomic E-state index is 11.0. The molecule has 0 unspecified atom stereocenters.